The van der Waals surface area contributed by atoms with Gasteiger partial charge in [-0.05, 0) is 17.5 Å². The Bertz CT molecular complexity index is 288. The maximum atomic E-state index is 4.98. The van der Waals surface area contributed by atoms with Crippen LogP contribution in [-0.2, 0) is 16.7 Å². The smallest absolute Gasteiger partial charge is 0.0587 e. The summed E-state index contributed by atoms with van der Waals surface area (Å²) in [7, 11) is 1.73. The molecule has 0 spiro atoms. The molecule has 1 heterocycles. The zero-order valence-electron chi connectivity index (χ0n) is 10.1. The number of methoxy groups -OCH3 is 1. The third kappa shape index (κ3) is 4.33. The number of hydrogen-bond acceptors (Lipinski definition) is 3. The summed E-state index contributed by atoms with van der Waals surface area (Å²) in [5, 5.41) is 3.35. The lowest BCUT2D eigenvalue weighted by Gasteiger charge is -2.15. The molecule has 0 aliphatic carbocycles. The molecule has 86 valence electrons. The summed E-state index contributed by atoms with van der Waals surface area (Å²) in [5.74, 6) is 0. The molecular formula is C12H21NOS. The van der Waals surface area contributed by atoms with E-state index in [1.54, 1.807) is 7.11 Å². The Kier molecular flexibility index (Phi) is 4.77. The molecule has 0 aliphatic heterocycles. The van der Waals surface area contributed by atoms with Gasteiger partial charge in [0.1, 0.15) is 0 Å². The third-order valence-corrected chi connectivity index (χ3v) is 3.69. The molecule has 1 aromatic rings. The molecule has 0 aliphatic rings. The van der Waals surface area contributed by atoms with Gasteiger partial charge in [0.15, 0.2) is 0 Å². The predicted molar refractivity (Wildman–Crippen MR) is 66.6 cm³/mol. The van der Waals surface area contributed by atoms with Crippen molar-refractivity contribution >= 4 is 11.3 Å². The van der Waals surface area contributed by atoms with E-state index >= 15 is 0 Å². The minimum atomic E-state index is 0.273. The van der Waals surface area contributed by atoms with Crippen LogP contribution in [0.3, 0.4) is 0 Å². The fourth-order valence-electron chi connectivity index (χ4n) is 1.26. The van der Waals surface area contributed by atoms with Crippen molar-refractivity contribution in [2.75, 3.05) is 20.3 Å². The van der Waals surface area contributed by atoms with Crippen molar-refractivity contribution in [2.24, 2.45) is 0 Å². The Labute approximate surface area is 96.7 Å². The normalized spacial score (nSPS) is 12.0. The molecule has 0 bridgehead atoms. The average molecular weight is 227 g/mol. The lowest BCUT2D eigenvalue weighted by molar-refractivity contribution is 0.199. The molecular weight excluding hydrogens is 206 g/mol. The summed E-state index contributed by atoms with van der Waals surface area (Å²) < 4.78 is 4.98. The molecule has 0 fully saturated rings. The second kappa shape index (κ2) is 5.64. The van der Waals surface area contributed by atoms with E-state index in [2.05, 4.69) is 38.2 Å². The topological polar surface area (TPSA) is 21.3 Å². The van der Waals surface area contributed by atoms with Crippen molar-refractivity contribution in [2.45, 2.75) is 32.7 Å². The van der Waals surface area contributed by atoms with E-state index < -0.39 is 0 Å². The van der Waals surface area contributed by atoms with Crippen molar-refractivity contribution in [3.8, 4) is 0 Å². The molecule has 2 nitrogen and oxygen atoms in total. The third-order valence-electron chi connectivity index (χ3n) is 2.18. The molecule has 1 aromatic heterocycles. The van der Waals surface area contributed by atoms with Crippen LogP contribution in [-0.4, -0.2) is 20.3 Å². The van der Waals surface area contributed by atoms with Gasteiger partial charge in [-0.2, -0.15) is 0 Å². The Morgan fingerprint density at radius 3 is 2.60 bits per heavy atom. The van der Waals surface area contributed by atoms with Gasteiger partial charge in [-0.25, -0.2) is 0 Å². The van der Waals surface area contributed by atoms with E-state index in [0.29, 0.717) is 0 Å². The van der Waals surface area contributed by atoms with E-state index in [0.717, 1.165) is 19.7 Å². The summed E-state index contributed by atoms with van der Waals surface area (Å²) in [4.78, 5) is 2.85. The van der Waals surface area contributed by atoms with Crippen LogP contribution in [0.15, 0.2) is 12.1 Å². The Morgan fingerprint density at radius 1 is 1.33 bits per heavy atom. The highest BCUT2D eigenvalue weighted by Gasteiger charge is 2.15. The molecule has 0 saturated heterocycles. The molecule has 1 rings (SSSR count). The van der Waals surface area contributed by atoms with Crippen molar-refractivity contribution < 1.29 is 4.74 Å². The maximum Gasteiger partial charge on any atom is 0.0587 e. The van der Waals surface area contributed by atoms with Gasteiger partial charge in [0.25, 0.3) is 0 Å². The first-order valence-corrected chi connectivity index (χ1v) is 6.14. The SMILES string of the molecule is COCCNCc1ccc(C(C)(C)C)s1. The zero-order valence-corrected chi connectivity index (χ0v) is 10.9. The van der Waals surface area contributed by atoms with Gasteiger partial charge in [0.05, 0.1) is 6.61 Å². The quantitative estimate of drug-likeness (QED) is 0.781. The van der Waals surface area contributed by atoms with Crippen LogP contribution in [0.5, 0.6) is 0 Å². The van der Waals surface area contributed by atoms with Crippen molar-refractivity contribution in [1.29, 1.82) is 0 Å². The molecule has 0 atom stereocenters. The van der Waals surface area contributed by atoms with Crippen LogP contribution in [0.1, 0.15) is 30.5 Å². The zero-order chi connectivity index (χ0) is 11.3. The maximum absolute atomic E-state index is 4.98. The van der Waals surface area contributed by atoms with Crippen molar-refractivity contribution in [3.63, 3.8) is 0 Å². The van der Waals surface area contributed by atoms with E-state index in [4.69, 9.17) is 4.74 Å². The standard InChI is InChI=1S/C12H21NOS/c1-12(2,3)11-6-5-10(15-11)9-13-7-8-14-4/h5-6,13H,7-9H2,1-4H3. The van der Waals surface area contributed by atoms with Crippen molar-refractivity contribution in [1.82, 2.24) is 5.32 Å². The number of hydrogen-bond donors (Lipinski definition) is 1. The average Bonchev–Trinajstić information content (AvgIpc) is 2.60. The monoisotopic (exact) mass is 227 g/mol. The molecule has 0 unspecified atom stereocenters. The summed E-state index contributed by atoms with van der Waals surface area (Å²) >= 11 is 1.89. The highest BCUT2D eigenvalue weighted by atomic mass is 32.1. The molecule has 0 saturated carbocycles. The first-order valence-electron chi connectivity index (χ1n) is 5.33. The van der Waals surface area contributed by atoms with Gasteiger partial charge < -0.3 is 10.1 Å². The van der Waals surface area contributed by atoms with Crippen LogP contribution in [0.25, 0.3) is 0 Å². The highest BCUT2D eigenvalue weighted by Crippen LogP contribution is 2.29. The van der Waals surface area contributed by atoms with Gasteiger partial charge >= 0.3 is 0 Å². The first kappa shape index (κ1) is 12.7. The van der Waals surface area contributed by atoms with Gasteiger partial charge in [-0.1, -0.05) is 20.8 Å². The Hall–Kier alpha value is -0.380. The van der Waals surface area contributed by atoms with Gasteiger partial charge in [0.2, 0.25) is 0 Å². The van der Waals surface area contributed by atoms with Gasteiger partial charge in [-0.3, -0.25) is 0 Å². The van der Waals surface area contributed by atoms with Crippen LogP contribution < -0.4 is 5.32 Å². The highest BCUT2D eigenvalue weighted by molar-refractivity contribution is 7.12. The number of rotatable bonds is 5. The number of ether oxygens (including phenoxy) is 1. The van der Waals surface area contributed by atoms with Crippen molar-refractivity contribution in [3.05, 3.63) is 21.9 Å². The summed E-state index contributed by atoms with van der Waals surface area (Å²) in [6, 6.07) is 4.45. The lowest BCUT2D eigenvalue weighted by atomic mass is 9.95. The van der Waals surface area contributed by atoms with Gasteiger partial charge in [-0.15, -0.1) is 11.3 Å². The first-order chi connectivity index (χ1) is 7.04. The molecule has 0 aromatic carbocycles. The van der Waals surface area contributed by atoms with Crippen LogP contribution in [0, 0.1) is 0 Å². The summed E-state index contributed by atoms with van der Waals surface area (Å²) in [6.45, 7) is 9.39. The number of thiophene rings is 1. The second-order valence-corrected chi connectivity index (χ2v) is 5.85. The van der Waals surface area contributed by atoms with E-state index in [1.165, 1.54) is 9.75 Å². The van der Waals surface area contributed by atoms with E-state index in [1.807, 2.05) is 11.3 Å². The van der Waals surface area contributed by atoms with Gasteiger partial charge in [0, 0.05) is 30.0 Å². The summed E-state index contributed by atoms with van der Waals surface area (Å²) in [5.41, 5.74) is 0.273. The fraction of sp³-hybridized carbons (Fsp3) is 0.667. The second-order valence-electron chi connectivity index (χ2n) is 4.69. The molecule has 0 amide bonds. The molecule has 0 radical (unpaired) electrons. The minimum absolute atomic E-state index is 0.273. The van der Waals surface area contributed by atoms with Crippen LogP contribution >= 0.6 is 11.3 Å². The molecule has 1 N–H and O–H groups in total. The van der Waals surface area contributed by atoms with Crippen LogP contribution in [0.4, 0.5) is 0 Å². The number of nitrogens with one attached hydrogen (secondary N) is 1. The van der Waals surface area contributed by atoms with E-state index in [-0.39, 0.29) is 5.41 Å². The van der Waals surface area contributed by atoms with E-state index in [9.17, 15) is 0 Å². The Balaban J connectivity index is 2.40. The predicted octanol–water partition coefficient (Wildman–Crippen LogP) is 2.78. The largest absolute Gasteiger partial charge is 0.383 e. The van der Waals surface area contributed by atoms with Crippen LogP contribution in [0.2, 0.25) is 0 Å². The fourth-order valence-corrected chi connectivity index (χ4v) is 2.30. The molecule has 15 heavy (non-hydrogen) atoms. The lowest BCUT2D eigenvalue weighted by Crippen LogP contribution is -2.17. The molecule has 3 heteroatoms. The minimum Gasteiger partial charge on any atom is -0.383 e. The summed E-state index contributed by atoms with van der Waals surface area (Å²) in [6.07, 6.45) is 0. The Morgan fingerprint density at radius 2 is 2.07 bits per heavy atom.